The van der Waals surface area contributed by atoms with Crippen LogP contribution in [0.4, 0.5) is 14.6 Å². The van der Waals surface area contributed by atoms with Crippen LogP contribution in [-0.4, -0.2) is 34.5 Å². The molecule has 1 unspecified atom stereocenters. The molecule has 2 heterocycles. The summed E-state index contributed by atoms with van der Waals surface area (Å²) < 4.78 is 34.3. The monoisotopic (exact) mass is 450 g/mol. The Kier molecular flexibility index (Phi) is 4.29. The minimum absolute atomic E-state index is 0.196. The number of methoxy groups -OCH3 is 1. The van der Waals surface area contributed by atoms with Crippen LogP contribution in [0.3, 0.4) is 0 Å². The van der Waals surface area contributed by atoms with Crippen LogP contribution in [0.25, 0.3) is 22.0 Å². The minimum atomic E-state index is -2.83. The third-order valence-electron chi connectivity index (χ3n) is 4.87. The van der Waals surface area contributed by atoms with Gasteiger partial charge in [0.15, 0.2) is 0 Å². The van der Waals surface area contributed by atoms with Crippen molar-refractivity contribution in [3.63, 3.8) is 0 Å². The number of rotatable bonds is 4. The number of carbonyl (C=O) groups excluding carboxylic acids is 1. The topological polar surface area (TPSA) is 82.2 Å². The lowest BCUT2D eigenvalue weighted by molar-refractivity contribution is 0.0847. The normalized spacial score (nSPS) is 17.5. The minimum Gasteiger partial charge on any atom is -0.496 e. The lowest BCUT2D eigenvalue weighted by Crippen LogP contribution is -2.29. The Hall–Kier alpha value is -2.68. The number of ether oxygens (including phenoxy) is 1. The Balaban J connectivity index is 1.76. The summed E-state index contributed by atoms with van der Waals surface area (Å²) in [5, 5.41) is 3.11. The van der Waals surface area contributed by atoms with E-state index in [1.165, 1.54) is 7.11 Å². The van der Waals surface area contributed by atoms with Crippen molar-refractivity contribution in [2.75, 3.05) is 12.8 Å². The van der Waals surface area contributed by atoms with E-state index in [9.17, 15) is 13.6 Å². The number of alkyl halides is 2. The van der Waals surface area contributed by atoms with Gasteiger partial charge < -0.3 is 20.4 Å². The molecule has 0 aliphatic heterocycles. The number of aryl methyl sites for hydroxylation is 1. The number of nitrogen functional groups attached to an aromatic ring is 1. The second-order valence-corrected chi connectivity index (χ2v) is 7.63. The molecule has 1 aliphatic rings. The molecule has 146 valence electrons. The highest BCUT2D eigenvalue weighted by molar-refractivity contribution is 9.10. The summed E-state index contributed by atoms with van der Waals surface area (Å²) in [6.07, 6.45) is 3.21. The van der Waals surface area contributed by atoms with Crippen molar-refractivity contribution in [2.45, 2.75) is 18.4 Å². The number of amides is 1. The number of hydrogen-bond donors (Lipinski definition) is 2. The number of nitrogens with two attached hydrogens (primary N) is 1. The van der Waals surface area contributed by atoms with E-state index in [4.69, 9.17) is 10.5 Å². The van der Waals surface area contributed by atoms with Gasteiger partial charge in [0, 0.05) is 31.4 Å². The van der Waals surface area contributed by atoms with Gasteiger partial charge in [0.25, 0.3) is 11.8 Å². The number of anilines is 1. The van der Waals surface area contributed by atoms with Crippen LogP contribution in [0.5, 0.6) is 5.75 Å². The van der Waals surface area contributed by atoms with Gasteiger partial charge in [-0.15, -0.1) is 0 Å². The molecular weight excluding hydrogens is 434 g/mol. The number of fused-ring (bicyclic) bond motifs is 1. The first-order chi connectivity index (χ1) is 13.2. The molecule has 0 bridgehead atoms. The van der Waals surface area contributed by atoms with Crippen LogP contribution in [-0.2, 0) is 7.05 Å². The number of carbonyl (C=O) groups is 1. The number of aromatic nitrogens is 2. The fourth-order valence-corrected chi connectivity index (χ4v) is 3.88. The molecule has 1 fully saturated rings. The van der Waals surface area contributed by atoms with E-state index in [-0.39, 0.29) is 17.7 Å². The van der Waals surface area contributed by atoms with E-state index in [0.29, 0.717) is 5.82 Å². The number of nitrogens with one attached hydrogen (secondary N) is 1. The van der Waals surface area contributed by atoms with Gasteiger partial charge in [0.2, 0.25) is 0 Å². The summed E-state index contributed by atoms with van der Waals surface area (Å²) in [7, 11) is 3.32. The van der Waals surface area contributed by atoms with Crippen LogP contribution in [0.2, 0.25) is 0 Å². The second kappa shape index (κ2) is 6.44. The lowest BCUT2D eigenvalue weighted by atomic mass is 10.0. The molecule has 0 radical (unpaired) electrons. The molecule has 1 saturated carbocycles. The maximum absolute atomic E-state index is 13.1. The molecule has 3 N–H and O–H groups in total. The molecule has 9 heteroatoms. The molecule has 1 aliphatic carbocycles. The molecular formula is C19H17BrF2N4O2. The number of pyridine rings is 1. The Labute approximate surface area is 167 Å². The molecule has 3 aromatic rings. The first-order valence-corrected chi connectivity index (χ1v) is 9.28. The van der Waals surface area contributed by atoms with Gasteiger partial charge in [-0.2, -0.15) is 0 Å². The fraction of sp³-hybridized carbons (Fsp3) is 0.263. The Bertz CT molecular complexity index is 1110. The summed E-state index contributed by atoms with van der Waals surface area (Å²) in [5.41, 5.74) is 8.77. The Morgan fingerprint density at radius 1 is 1.46 bits per heavy atom. The van der Waals surface area contributed by atoms with Crippen LogP contribution >= 0.6 is 15.9 Å². The maximum atomic E-state index is 13.1. The van der Waals surface area contributed by atoms with E-state index >= 15 is 0 Å². The van der Waals surface area contributed by atoms with Gasteiger partial charge >= 0.3 is 0 Å². The van der Waals surface area contributed by atoms with E-state index < -0.39 is 17.9 Å². The summed E-state index contributed by atoms with van der Waals surface area (Å²) in [6.45, 7) is 0. The van der Waals surface area contributed by atoms with Crippen molar-refractivity contribution in [2.24, 2.45) is 7.05 Å². The molecule has 0 saturated heterocycles. The first-order valence-electron chi connectivity index (χ1n) is 8.49. The molecule has 2 aromatic heterocycles. The van der Waals surface area contributed by atoms with E-state index in [0.717, 1.165) is 26.5 Å². The Morgan fingerprint density at radius 3 is 2.82 bits per heavy atom. The van der Waals surface area contributed by atoms with Gasteiger partial charge in [-0.05, 0) is 33.6 Å². The zero-order valence-electron chi connectivity index (χ0n) is 15.1. The molecule has 1 atom stereocenters. The maximum Gasteiger partial charge on any atom is 0.270 e. The van der Waals surface area contributed by atoms with Crippen LogP contribution < -0.4 is 15.8 Å². The smallest absolute Gasteiger partial charge is 0.270 e. The van der Waals surface area contributed by atoms with E-state index in [1.807, 2.05) is 17.8 Å². The SMILES string of the molecule is COc1cc(-c2cn(C)c3c(Br)cnc(N)c23)ccc1C(=O)NC1CC1(F)F. The van der Waals surface area contributed by atoms with Crippen LogP contribution in [0.15, 0.2) is 35.1 Å². The molecule has 1 amide bonds. The second-order valence-electron chi connectivity index (χ2n) is 6.77. The summed E-state index contributed by atoms with van der Waals surface area (Å²) >= 11 is 3.49. The van der Waals surface area contributed by atoms with Crippen molar-refractivity contribution >= 4 is 38.6 Å². The standard InChI is InChI=1S/C19H17BrF2N4O2/c1-26-8-11(15-16(26)12(20)7-24-17(15)23)9-3-4-10(13(5-9)28-2)18(27)25-14-6-19(14,21)22/h3-5,7-8,14H,6H2,1-2H3,(H2,23,24)(H,25,27). The van der Waals surface area contributed by atoms with Crippen molar-refractivity contribution in [3.8, 4) is 16.9 Å². The van der Waals surface area contributed by atoms with Gasteiger partial charge in [0.05, 0.1) is 34.1 Å². The lowest BCUT2D eigenvalue weighted by Gasteiger charge is -2.11. The number of nitrogens with zero attached hydrogens (tertiary/aromatic N) is 2. The van der Waals surface area contributed by atoms with E-state index in [2.05, 4.69) is 26.2 Å². The molecule has 0 spiro atoms. The quantitative estimate of drug-likeness (QED) is 0.634. The third kappa shape index (κ3) is 2.99. The Morgan fingerprint density at radius 2 is 2.18 bits per heavy atom. The predicted octanol–water partition coefficient (Wildman–Crippen LogP) is 3.73. The van der Waals surface area contributed by atoms with Crippen LogP contribution in [0.1, 0.15) is 16.8 Å². The molecule has 6 nitrogen and oxygen atoms in total. The highest BCUT2D eigenvalue weighted by Crippen LogP contribution is 2.42. The first kappa shape index (κ1) is 18.7. The van der Waals surface area contributed by atoms with Crippen molar-refractivity contribution in [1.82, 2.24) is 14.9 Å². The number of hydrogen-bond acceptors (Lipinski definition) is 4. The summed E-state index contributed by atoms with van der Waals surface area (Å²) in [5.74, 6) is -2.75. The zero-order chi connectivity index (χ0) is 20.2. The van der Waals surface area contributed by atoms with Crippen molar-refractivity contribution in [1.29, 1.82) is 0 Å². The molecule has 28 heavy (non-hydrogen) atoms. The molecule has 4 rings (SSSR count). The molecule has 1 aromatic carbocycles. The van der Waals surface area contributed by atoms with Crippen molar-refractivity contribution < 1.29 is 18.3 Å². The van der Waals surface area contributed by atoms with Gasteiger partial charge in [-0.1, -0.05) is 6.07 Å². The predicted molar refractivity (Wildman–Crippen MR) is 106 cm³/mol. The summed E-state index contributed by atoms with van der Waals surface area (Å²) in [4.78, 5) is 16.6. The number of benzene rings is 1. The van der Waals surface area contributed by atoms with Crippen molar-refractivity contribution in [3.05, 3.63) is 40.6 Å². The average molecular weight is 451 g/mol. The summed E-state index contributed by atoms with van der Waals surface area (Å²) in [6, 6.07) is 3.86. The zero-order valence-corrected chi connectivity index (χ0v) is 16.7. The third-order valence-corrected chi connectivity index (χ3v) is 5.45. The largest absolute Gasteiger partial charge is 0.496 e. The van der Waals surface area contributed by atoms with Gasteiger partial charge in [-0.3, -0.25) is 4.79 Å². The van der Waals surface area contributed by atoms with Gasteiger partial charge in [-0.25, -0.2) is 13.8 Å². The fourth-order valence-electron chi connectivity index (χ4n) is 3.30. The van der Waals surface area contributed by atoms with E-state index in [1.54, 1.807) is 24.4 Å². The van der Waals surface area contributed by atoms with Crippen LogP contribution in [0, 0.1) is 0 Å². The number of halogens is 3. The van der Waals surface area contributed by atoms with Gasteiger partial charge in [0.1, 0.15) is 11.6 Å². The highest BCUT2D eigenvalue weighted by Gasteiger charge is 2.58. The average Bonchev–Trinajstić information content (AvgIpc) is 3.08. The highest BCUT2D eigenvalue weighted by atomic mass is 79.9.